The van der Waals surface area contributed by atoms with Crippen LogP contribution in [0.25, 0.3) is 0 Å². The Hall–Kier alpha value is -2.64. The van der Waals surface area contributed by atoms with E-state index in [0.29, 0.717) is 25.6 Å². The summed E-state index contributed by atoms with van der Waals surface area (Å²) in [6, 6.07) is 8.78. The van der Waals surface area contributed by atoms with Gasteiger partial charge in [0.2, 0.25) is 0 Å². The Morgan fingerprint density at radius 1 is 1.11 bits per heavy atom. The molecule has 2 aliphatic rings. The zero-order chi connectivity index (χ0) is 19.0. The molecular weight excluding hydrogens is 357 g/mol. The van der Waals surface area contributed by atoms with Crippen LogP contribution in [0.4, 0.5) is 19.0 Å². The molecule has 1 saturated heterocycles. The maximum Gasteiger partial charge on any atom is 0.417 e. The SMILES string of the molecule is O=C(NCC1CN(c2ccc(C3CC3)nn2)C1)c1ccccc1C(F)(F)F. The van der Waals surface area contributed by atoms with E-state index in [1.54, 1.807) is 0 Å². The minimum Gasteiger partial charge on any atom is -0.354 e. The van der Waals surface area contributed by atoms with E-state index in [9.17, 15) is 18.0 Å². The van der Waals surface area contributed by atoms with Crippen LogP contribution in [0.15, 0.2) is 36.4 Å². The van der Waals surface area contributed by atoms with E-state index in [1.807, 2.05) is 17.0 Å². The molecule has 0 unspecified atom stereocenters. The molecule has 2 fully saturated rings. The van der Waals surface area contributed by atoms with Gasteiger partial charge in [-0.25, -0.2) is 0 Å². The van der Waals surface area contributed by atoms with Crippen molar-refractivity contribution in [3.05, 3.63) is 53.2 Å². The highest BCUT2D eigenvalue weighted by atomic mass is 19.4. The molecule has 5 nitrogen and oxygen atoms in total. The Morgan fingerprint density at radius 3 is 2.48 bits per heavy atom. The fourth-order valence-electron chi connectivity index (χ4n) is 3.25. The molecule has 1 aromatic carbocycles. The third-order valence-electron chi connectivity index (χ3n) is 4.98. The van der Waals surface area contributed by atoms with Gasteiger partial charge < -0.3 is 10.2 Å². The minimum atomic E-state index is -4.55. The summed E-state index contributed by atoms with van der Waals surface area (Å²) in [4.78, 5) is 14.2. The van der Waals surface area contributed by atoms with Gasteiger partial charge in [-0.15, -0.1) is 5.10 Å². The molecule has 2 aromatic rings. The largest absolute Gasteiger partial charge is 0.417 e. The number of carbonyl (C=O) groups is 1. The maximum absolute atomic E-state index is 13.0. The number of aromatic nitrogens is 2. The third kappa shape index (κ3) is 3.89. The van der Waals surface area contributed by atoms with Crippen LogP contribution in [-0.2, 0) is 6.18 Å². The van der Waals surface area contributed by atoms with Crippen molar-refractivity contribution in [2.24, 2.45) is 5.92 Å². The average Bonchev–Trinajstić information content (AvgIpc) is 3.45. The molecule has 2 heterocycles. The Morgan fingerprint density at radius 2 is 1.85 bits per heavy atom. The van der Waals surface area contributed by atoms with Gasteiger partial charge in [-0.1, -0.05) is 12.1 Å². The smallest absolute Gasteiger partial charge is 0.354 e. The van der Waals surface area contributed by atoms with Crippen molar-refractivity contribution in [3.63, 3.8) is 0 Å². The summed E-state index contributed by atoms with van der Waals surface area (Å²) in [5.74, 6) is 0.835. The molecule has 1 aliphatic carbocycles. The monoisotopic (exact) mass is 376 g/mol. The molecular formula is C19H19F3N4O. The van der Waals surface area contributed by atoms with Gasteiger partial charge in [0, 0.05) is 31.5 Å². The number of benzene rings is 1. The number of amides is 1. The Balaban J connectivity index is 1.29. The molecule has 27 heavy (non-hydrogen) atoms. The van der Waals surface area contributed by atoms with Crippen molar-refractivity contribution in [1.82, 2.24) is 15.5 Å². The number of hydrogen-bond donors (Lipinski definition) is 1. The van der Waals surface area contributed by atoms with Crippen LogP contribution in [0.3, 0.4) is 0 Å². The summed E-state index contributed by atoms with van der Waals surface area (Å²) in [6.07, 6.45) is -2.19. The summed E-state index contributed by atoms with van der Waals surface area (Å²) in [5.41, 5.74) is -0.224. The van der Waals surface area contributed by atoms with Crippen LogP contribution >= 0.6 is 0 Å². The highest BCUT2D eigenvalue weighted by Gasteiger charge is 2.35. The van der Waals surface area contributed by atoms with Crippen LogP contribution in [-0.4, -0.2) is 35.7 Å². The molecule has 0 radical (unpaired) electrons. The minimum absolute atomic E-state index is 0.178. The molecule has 1 aromatic heterocycles. The van der Waals surface area contributed by atoms with Crippen molar-refractivity contribution in [2.45, 2.75) is 24.9 Å². The zero-order valence-electron chi connectivity index (χ0n) is 14.5. The summed E-state index contributed by atoms with van der Waals surface area (Å²) < 4.78 is 39.0. The van der Waals surface area contributed by atoms with Gasteiger partial charge >= 0.3 is 6.18 Å². The van der Waals surface area contributed by atoms with E-state index >= 15 is 0 Å². The molecule has 0 spiro atoms. The van der Waals surface area contributed by atoms with Crippen molar-refractivity contribution in [3.8, 4) is 0 Å². The first-order chi connectivity index (χ1) is 12.9. The van der Waals surface area contributed by atoms with E-state index < -0.39 is 17.6 Å². The van der Waals surface area contributed by atoms with E-state index in [4.69, 9.17) is 0 Å². The maximum atomic E-state index is 13.0. The summed E-state index contributed by atoms with van der Waals surface area (Å²) in [6.45, 7) is 1.71. The number of nitrogens with zero attached hydrogens (tertiary/aromatic N) is 3. The van der Waals surface area contributed by atoms with Gasteiger partial charge in [-0.3, -0.25) is 4.79 Å². The molecule has 8 heteroatoms. The number of nitrogens with one attached hydrogen (secondary N) is 1. The summed E-state index contributed by atoms with van der Waals surface area (Å²) in [5, 5.41) is 11.1. The quantitative estimate of drug-likeness (QED) is 0.871. The predicted molar refractivity (Wildman–Crippen MR) is 93.5 cm³/mol. The fourth-order valence-corrected chi connectivity index (χ4v) is 3.25. The van der Waals surface area contributed by atoms with Crippen LogP contribution in [0.5, 0.6) is 0 Å². The number of rotatable bonds is 5. The van der Waals surface area contributed by atoms with Gasteiger partial charge in [0.05, 0.1) is 16.8 Å². The van der Waals surface area contributed by atoms with Crippen molar-refractivity contribution in [1.29, 1.82) is 0 Å². The van der Waals surface area contributed by atoms with E-state index in [1.165, 1.54) is 31.0 Å². The normalized spacial score (nSPS) is 17.5. The molecule has 0 atom stereocenters. The lowest BCUT2D eigenvalue weighted by Gasteiger charge is -2.40. The van der Waals surface area contributed by atoms with Gasteiger partial charge in [-0.2, -0.15) is 18.3 Å². The number of anilines is 1. The molecule has 4 rings (SSSR count). The first-order valence-corrected chi connectivity index (χ1v) is 8.95. The lowest BCUT2D eigenvalue weighted by Crippen LogP contribution is -2.52. The molecule has 142 valence electrons. The first kappa shape index (κ1) is 17.8. The number of hydrogen-bond acceptors (Lipinski definition) is 4. The highest BCUT2D eigenvalue weighted by Crippen LogP contribution is 2.39. The van der Waals surface area contributed by atoms with Crippen LogP contribution in [0, 0.1) is 5.92 Å². The van der Waals surface area contributed by atoms with Gasteiger partial charge in [-0.05, 0) is 37.1 Å². The molecule has 1 amide bonds. The number of halogens is 3. The number of alkyl halides is 3. The topological polar surface area (TPSA) is 58.1 Å². The Labute approximate surface area is 154 Å². The highest BCUT2D eigenvalue weighted by molar-refractivity contribution is 5.95. The second-order valence-corrected chi connectivity index (χ2v) is 7.12. The predicted octanol–water partition coefficient (Wildman–Crippen LogP) is 3.24. The second-order valence-electron chi connectivity index (χ2n) is 7.12. The van der Waals surface area contributed by atoms with Crippen molar-refractivity contribution in [2.75, 3.05) is 24.5 Å². The average molecular weight is 376 g/mol. The van der Waals surface area contributed by atoms with Crippen molar-refractivity contribution < 1.29 is 18.0 Å². The molecule has 0 bridgehead atoms. The van der Waals surface area contributed by atoms with Crippen molar-refractivity contribution >= 4 is 11.7 Å². The zero-order valence-corrected chi connectivity index (χ0v) is 14.5. The van der Waals surface area contributed by atoms with Gasteiger partial charge in [0.25, 0.3) is 5.91 Å². The lowest BCUT2D eigenvalue weighted by molar-refractivity contribution is -0.137. The Kier molecular flexibility index (Phi) is 4.49. The first-order valence-electron chi connectivity index (χ1n) is 8.95. The van der Waals surface area contributed by atoms with Gasteiger partial charge in [0.1, 0.15) is 0 Å². The molecule has 1 saturated carbocycles. The van der Waals surface area contributed by atoms with E-state index in [-0.39, 0.29) is 11.5 Å². The van der Waals surface area contributed by atoms with Gasteiger partial charge in [0.15, 0.2) is 5.82 Å². The molecule has 1 N–H and O–H groups in total. The number of carbonyl (C=O) groups excluding carboxylic acids is 1. The Bertz CT molecular complexity index is 828. The van der Waals surface area contributed by atoms with Crippen LogP contribution in [0.2, 0.25) is 0 Å². The fraction of sp³-hybridized carbons (Fsp3) is 0.421. The van der Waals surface area contributed by atoms with E-state index in [0.717, 1.165) is 17.6 Å². The second kappa shape index (κ2) is 6.83. The third-order valence-corrected chi connectivity index (χ3v) is 4.98. The summed E-state index contributed by atoms with van der Waals surface area (Å²) >= 11 is 0. The standard InChI is InChI=1S/C19H19F3N4O/c20-19(21,22)15-4-2-1-3-14(15)18(27)23-9-12-10-26(11-12)17-8-7-16(24-25-17)13-5-6-13/h1-4,7-8,12-13H,5-6,9-11H2,(H,23,27). The van der Waals surface area contributed by atoms with Crippen LogP contribution < -0.4 is 10.2 Å². The van der Waals surface area contributed by atoms with Crippen LogP contribution in [0.1, 0.15) is 40.4 Å². The molecule has 1 aliphatic heterocycles. The van der Waals surface area contributed by atoms with E-state index in [2.05, 4.69) is 15.5 Å². The summed E-state index contributed by atoms with van der Waals surface area (Å²) in [7, 11) is 0. The lowest BCUT2D eigenvalue weighted by atomic mass is 9.99.